The van der Waals surface area contributed by atoms with Crippen LogP contribution in [0.25, 0.3) is 6.08 Å². The summed E-state index contributed by atoms with van der Waals surface area (Å²) in [6, 6.07) is 9.31. The second-order valence-electron chi connectivity index (χ2n) is 4.76. The third kappa shape index (κ3) is 14.2. The molecule has 1 aromatic carbocycles. The van der Waals surface area contributed by atoms with E-state index in [1.165, 1.54) is 25.7 Å². The first kappa shape index (κ1) is 19.8. The molecule has 1 rings (SSSR count). The molecule has 0 bridgehead atoms. The molecule has 0 saturated carbocycles. The van der Waals surface area contributed by atoms with Crippen molar-refractivity contribution in [3.05, 3.63) is 46.9 Å². The van der Waals surface area contributed by atoms with Gasteiger partial charge in [-0.15, -0.1) is 4.91 Å². The van der Waals surface area contributed by atoms with Crippen molar-refractivity contribution >= 4 is 12.0 Å². The molecule has 0 amide bonds. The smallest absolute Gasteiger partial charge is 0.328 e. The Labute approximate surface area is 131 Å². The van der Waals surface area contributed by atoms with Gasteiger partial charge < -0.3 is 9.94 Å². The highest BCUT2D eigenvalue weighted by molar-refractivity contribution is 5.85. The van der Waals surface area contributed by atoms with E-state index in [1.807, 2.05) is 30.3 Å². The minimum atomic E-state index is -0.922. The van der Waals surface area contributed by atoms with Gasteiger partial charge in [0.15, 0.2) is 5.34 Å². The molecule has 1 aromatic rings. The van der Waals surface area contributed by atoms with Crippen molar-refractivity contribution in [3.8, 4) is 0 Å². The van der Waals surface area contributed by atoms with Crippen molar-refractivity contribution in [3.63, 3.8) is 0 Å². The molecule has 0 aromatic heterocycles. The van der Waals surface area contributed by atoms with Crippen LogP contribution in [0.2, 0.25) is 0 Å². The van der Waals surface area contributed by atoms with E-state index in [4.69, 9.17) is 5.11 Å². The summed E-state index contributed by atoms with van der Waals surface area (Å²) in [6.45, 7) is 2.68. The number of carboxylic acids is 1. The van der Waals surface area contributed by atoms with Gasteiger partial charge in [0, 0.05) is 6.08 Å². The van der Waals surface area contributed by atoms with Crippen LogP contribution in [0, 0.1) is 4.91 Å². The fraction of sp³-hybridized carbons (Fsp3) is 0.471. The SMILES string of the molecule is CCCCCCCCON=O.O=C(O)C=Cc1ccccc1. The Bertz CT molecular complexity index is 418. The molecular weight excluding hydrogens is 282 g/mol. The zero-order chi connectivity index (χ0) is 16.5. The maximum atomic E-state index is 10.1. The number of hydrogen-bond donors (Lipinski definition) is 1. The van der Waals surface area contributed by atoms with Gasteiger partial charge in [0.1, 0.15) is 6.61 Å². The summed E-state index contributed by atoms with van der Waals surface area (Å²) in [5, 5.41) is 10.6. The van der Waals surface area contributed by atoms with Gasteiger partial charge in [-0.05, 0) is 24.5 Å². The lowest BCUT2D eigenvalue weighted by atomic mass is 10.1. The molecule has 0 aliphatic carbocycles. The highest BCUT2D eigenvalue weighted by Gasteiger charge is 1.89. The molecule has 22 heavy (non-hydrogen) atoms. The number of unbranched alkanes of at least 4 members (excludes halogenated alkanes) is 5. The minimum absolute atomic E-state index is 0.482. The number of benzene rings is 1. The average Bonchev–Trinajstić information content (AvgIpc) is 2.54. The molecule has 1 N–H and O–H groups in total. The Balaban J connectivity index is 0.000000401. The van der Waals surface area contributed by atoms with E-state index in [9.17, 15) is 9.70 Å². The lowest BCUT2D eigenvalue weighted by Crippen LogP contribution is -1.86. The third-order valence-corrected chi connectivity index (χ3v) is 2.86. The van der Waals surface area contributed by atoms with Crippen LogP contribution in [-0.4, -0.2) is 17.7 Å². The summed E-state index contributed by atoms with van der Waals surface area (Å²) < 4.78 is 0. The van der Waals surface area contributed by atoms with E-state index in [0.717, 1.165) is 24.5 Å². The van der Waals surface area contributed by atoms with Gasteiger partial charge in [-0.25, -0.2) is 4.79 Å². The van der Waals surface area contributed by atoms with Gasteiger partial charge >= 0.3 is 5.97 Å². The van der Waals surface area contributed by atoms with Gasteiger partial charge in [0.05, 0.1) is 0 Å². The summed E-state index contributed by atoms with van der Waals surface area (Å²) in [5.41, 5.74) is 0.898. The standard InChI is InChI=1S/C9H8O2.C8H17NO2/c10-9(11)7-6-8-4-2-1-3-5-8;1-2-3-4-5-6-7-8-11-9-10/h1-7H,(H,10,11);2-8H2,1H3. The predicted molar refractivity (Wildman–Crippen MR) is 88.2 cm³/mol. The molecule has 0 unspecified atom stereocenters. The zero-order valence-corrected chi connectivity index (χ0v) is 13.1. The highest BCUT2D eigenvalue weighted by atomic mass is 16.7. The Hall–Kier alpha value is -2.17. The number of carboxylic acid groups (broad SMARTS) is 1. The first-order valence-electron chi connectivity index (χ1n) is 7.61. The molecule has 0 atom stereocenters. The van der Waals surface area contributed by atoms with Crippen LogP contribution < -0.4 is 0 Å². The summed E-state index contributed by atoms with van der Waals surface area (Å²) in [6.07, 6.45) is 9.91. The summed E-state index contributed by atoms with van der Waals surface area (Å²) in [7, 11) is 0. The monoisotopic (exact) mass is 307 g/mol. The first-order chi connectivity index (χ1) is 10.7. The minimum Gasteiger partial charge on any atom is -0.478 e. The van der Waals surface area contributed by atoms with Gasteiger partial charge in [0.25, 0.3) is 0 Å². The number of rotatable bonds is 10. The molecule has 0 spiro atoms. The lowest BCUT2D eigenvalue weighted by Gasteiger charge is -1.97. The normalized spacial score (nSPS) is 9.86. The second kappa shape index (κ2) is 15.2. The van der Waals surface area contributed by atoms with Crippen molar-refractivity contribution in [1.29, 1.82) is 0 Å². The van der Waals surface area contributed by atoms with Crippen molar-refractivity contribution < 1.29 is 14.7 Å². The van der Waals surface area contributed by atoms with E-state index in [0.29, 0.717) is 6.61 Å². The Morgan fingerprint density at radius 3 is 2.36 bits per heavy atom. The fourth-order valence-corrected chi connectivity index (χ4v) is 1.72. The van der Waals surface area contributed by atoms with Crippen LogP contribution in [0.5, 0.6) is 0 Å². The molecule has 122 valence electrons. The maximum absolute atomic E-state index is 10.1. The summed E-state index contributed by atoms with van der Waals surface area (Å²) >= 11 is 0. The molecule has 0 saturated heterocycles. The van der Waals surface area contributed by atoms with E-state index in [-0.39, 0.29) is 0 Å². The Morgan fingerprint density at radius 1 is 1.14 bits per heavy atom. The van der Waals surface area contributed by atoms with E-state index in [1.54, 1.807) is 6.08 Å². The molecule has 0 radical (unpaired) electrons. The van der Waals surface area contributed by atoms with Crippen LogP contribution in [0.1, 0.15) is 51.0 Å². The van der Waals surface area contributed by atoms with E-state index in [2.05, 4.69) is 17.1 Å². The van der Waals surface area contributed by atoms with Crippen molar-refractivity contribution in [1.82, 2.24) is 0 Å². The molecular formula is C17H25NO4. The van der Waals surface area contributed by atoms with Crippen LogP contribution >= 0.6 is 0 Å². The van der Waals surface area contributed by atoms with Crippen molar-refractivity contribution in [2.24, 2.45) is 5.34 Å². The highest BCUT2D eigenvalue weighted by Crippen LogP contribution is 2.04. The third-order valence-electron chi connectivity index (χ3n) is 2.86. The summed E-state index contributed by atoms with van der Waals surface area (Å²) in [5.74, 6) is -0.922. The number of nitrogens with zero attached hydrogens (tertiary/aromatic N) is 1. The summed E-state index contributed by atoms with van der Waals surface area (Å²) in [4.78, 5) is 23.9. The molecule has 0 fully saturated rings. The fourth-order valence-electron chi connectivity index (χ4n) is 1.72. The topological polar surface area (TPSA) is 76.0 Å². The zero-order valence-electron chi connectivity index (χ0n) is 13.1. The first-order valence-corrected chi connectivity index (χ1v) is 7.61. The van der Waals surface area contributed by atoms with Gasteiger partial charge in [0.2, 0.25) is 0 Å². The average molecular weight is 307 g/mol. The molecule has 5 nitrogen and oxygen atoms in total. The van der Waals surface area contributed by atoms with Crippen LogP contribution in [0.15, 0.2) is 41.7 Å². The lowest BCUT2D eigenvalue weighted by molar-refractivity contribution is -0.131. The van der Waals surface area contributed by atoms with Gasteiger partial charge in [-0.3, -0.25) is 0 Å². The van der Waals surface area contributed by atoms with Crippen LogP contribution in [-0.2, 0) is 9.63 Å². The van der Waals surface area contributed by atoms with E-state index < -0.39 is 5.97 Å². The van der Waals surface area contributed by atoms with Crippen molar-refractivity contribution in [2.45, 2.75) is 45.4 Å². The quantitative estimate of drug-likeness (QED) is 0.291. The molecule has 0 heterocycles. The predicted octanol–water partition coefficient (Wildman–Crippen LogP) is 4.83. The molecule has 5 heteroatoms. The Morgan fingerprint density at radius 2 is 1.77 bits per heavy atom. The number of aliphatic carboxylic acids is 1. The van der Waals surface area contributed by atoms with Crippen molar-refractivity contribution in [2.75, 3.05) is 6.61 Å². The number of hydrogen-bond acceptors (Lipinski definition) is 4. The second-order valence-corrected chi connectivity index (χ2v) is 4.76. The van der Waals surface area contributed by atoms with E-state index >= 15 is 0 Å². The van der Waals surface area contributed by atoms with Crippen LogP contribution in [0.4, 0.5) is 0 Å². The molecule has 0 aliphatic rings. The van der Waals surface area contributed by atoms with Gasteiger partial charge in [-0.1, -0.05) is 62.9 Å². The largest absolute Gasteiger partial charge is 0.478 e. The van der Waals surface area contributed by atoms with Gasteiger partial charge in [-0.2, -0.15) is 0 Å². The number of carbonyl (C=O) groups is 1. The Kier molecular flexibility index (Phi) is 13.7. The molecule has 0 aliphatic heterocycles. The maximum Gasteiger partial charge on any atom is 0.328 e. The van der Waals surface area contributed by atoms with Crippen LogP contribution in [0.3, 0.4) is 0 Å².